The first-order valence-electron chi connectivity index (χ1n) is 8.10. The minimum absolute atomic E-state index is 0.276. The third-order valence-corrected chi connectivity index (χ3v) is 4.67. The normalized spacial score (nSPS) is 10.5. The van der Waals surface area contributed by atoms with E-state index in [1.807, 2.05) is 32.9 Å². The Kier molecular flexibility index (Phi) is 7.06. The Morgan fingerprint density at radius 2 is 2.04 bits per heavy atom. The summed E-state index contributed by atoms with van der Waals surface area (Å²) in [6, 6.07) is 7.19. The zero-order chi connectivity index (χ0) is 18.2. The molecule has 1 aromatic heterocycles. The summed E-state index contributed by atoms with van der Waals surface area (Å²) < 4.78 is 10.3. The summed E-state index contributed by atoms with van der Waals surface area (Å²) in [4.78, 5) is 24.7. The molecule has 0 atom stereocenters. The SMILES string of the molecule is CCCNC(=O)COC(=O)c1ccccc1SCc1c(C)noc1C. The van der Waals surface area contributed by atoms with Gasteiger partial charge in [-0.15, -0.1) is 11.8 Å². The van der Waals surface area contributed by atoms with E-state index >= 15 is 0 Å². The summed E-state index contributed by atoms with van der Waals surface area (Å²) in [6.45, 7) is 6.01. The molecule has 7 heteroatoms. The van der Waals surface area contributed by atoms with E-state index in [1.165, 1.54) is 11.8 Å². The number of ether oxygens (including phenoxy) is 1. The fourth-order valence-corrected chi connectivity index (χ4v) is 3.34. The molecule has 6 nitrogen and oxygen atoms in total. The van der Waals surface area contributed by atoms with Crippen molar-refractivity contribution < 1.29 is 18.8 Å². The average Bonchev–Trinajstić information content (AvgIpc) is 2.94. The molecule has 0 fully saturated rings. The number of carbonyl (C=O) groups is 2. The van der Waals surface area contributed by atoms with Crippen LogP contribution in [0.15, 0.2) is 33.7 Å². The molecule has 1 amide bonds. The van der Waals surface area contributed by atoms with Crippen LogP contribution in [0.5, 0.6) is 0 Å². The van der Waals surface area contributed by atoms with Crippen molar-refractivity contribution in [2.75, 3.05) is 13.2 Å². The molecule has 0 aliphatic rings. The average molecular weight is 362 g/mol. The molecule has 2 rings (SSSR count). The minimum atomic E-state index is -0.506. The Bertz CT molecular complexity index is 723. The lowest BCUT2D eigenvalue weighted by Crippen LogP contribution is -2.29. The number of thioether (sulfide) groups is 1. The quantitative estimate of drug-likeness (QED) is 0.573. The zero-order valence-electron chi connectivity index (χ0n) is 14.6. The summed E-state index contributed by atoms with van der Waals surface area (Å²) in [5.74, 6) is 0.616. The second-order valence-electron chi connectivity index (χ2n) is 5.51. The first kappa shape index (κ1) is 19.1. The van der Waals surface area contributed by atoms with Crippen LogP contribution >= 0.6 is 11.8 Å². The van der Waals surface area contributed by atoms with E-state index in [0.29, 0.717) is 17.9 Å². The van der Waals surface area contributed by atoms with Gasteiger partial charge < -0.3 is 14.6 Å². The van der Waals surface area contributed by atoms with Crippen molar-refractivity contribution in [1.29, 1.82) is 0 Å². The predicted molar refractivity (Wildman–Crippen MR) is 95.6 cm³/mol. The van der Waals surface area contributed by atoms with Gasteiger partial charge in [0.2, 0.25) is 0 Å². The molecule has 1 heterocycles. The summed E-state index contributed by atoms with van der Waals surface area (Å²) in [5.41, 5.74) is 2.31. The Morgan fingerprint density at radius 3 is 2.72 bits per heavy atom. The van der Waals surface area contributed by atoms with E-state index in [2.05, 4.69) is 10.5 Å². The molecule has 0 unspecified atom stereocenters. The lowest BCUT2D eigenvalue weighted by molar-refractivity contribution is -0.124. The van der Waals surface area contributed by atoms with Gasteiger partial charge in [-0.1, -0.05) is 24.2 Å². The van der Waals surface area contributed by atoms with E-state index in [0.717, 1.165) is 28.3 Å². The topological polar surface area (TPSA) is 81.4 Å². The van der Waals surface area contributed by atoms with Gasteiger partial charge in [0.1, 0.15) is 5.76 Å². The van der Waals surface area contributed by atoms with Crippen LogP contribution in [0.3, 0.4) is 0 Å². The molecule has 2 aromatic rings. The largest absolute Gasteiger partial charge is 0.452 e. The molecule has 1 aromatic carbocycles. The highest BCUT2D eigenvalue weighted by atomic mass is 32.2. The van der Waals surface area contributed by atoms with Crippen LogP contribution in [0.1, 0.15) is 40.7 Å². The van der Waals surface area contributed by atoms with Crippen molar-refractivity contribution in [2.24, 2.45) is 0 Å². The molecule has 0 aliphatic carbocycles. The Hall–Kier alpha value is -2.28. The smallest absolute Gasteiger partial charge is 0.339 e. The molecule has 0 aliphatic heterocycles. The van der Waals surface area contributed by atoms with E-state index in [1.54, 1.807) is 12.1 Å². The van der Waals surface area contributed by atoms with Gasteiger partial charge in [-0.25, -0.2) is 4.79 Å². The van der Waals surface area contributed by atoms with Crippen molar-refractivity contribution >= 4 is 23.6 Å². The van der Waals surface area contributed by atoms with Crippen molar-refractivity contribution in [3.63, 3.8) is 0 Å². The molecular weight excluding hydrogens is 340 g/mol. The minimum Gasteiger partial charge on any atom is -0.452 e. The zero-order valence-corrected chi connectivity index (χ0v) is 15.4. The van der Waals surface area contributed by atoms with Crippen molar-refractivity contribution in [2.45, 2.75) is 37.8 Å². The van der Waals surface area contributed by atoms with Crippen LogP contribution in [0, 0.1) is 13.8 Å². The lowest BCUT2D eigenvalue weighted by atomic mass is 10.2. The van der Waals surface area contributed by atoms with Crippen LogP contribution in [-0.2, 0) is 15.3 Å². The van der Waals surface area contributed by atoms with Crippen LogP contribution in [0.2, 0.25) is 0 Å². The number of aryl methyl sites for hydroxylation is 2. The van der Waals surface area contributed by atoms with E-state index in [9.17, 15) is 9.59 Å². The van der Waals surface area contributed by atoms with Gasteiger partial charge in [-0.05, 0) is 32.4 Å². The molecular formula is C18H22N2O4S. The van der Waals surface area contributed by atoms with Gasteiger partial charge in [0.25, 0.3) is 5.91 Å². The van der Waals surface area contributed by atoms with Crippen molar-refractivity contribution in [3.8, 4) is 0 Å². The molecule has 0 bridgehead atoms. The summed E-state index contributed by atoms with van der Waals surface area (Å²) >= 11 is 1.51. The third-order valence-electron chi connectivity index (χ3n) is 3.57. The number of amides is 1. The standard InChI is InChI=1S/C18H22N2O4S/c1-4-9-19-17(21)10-23-18(22)14-7-5-6-8-16(14)25-11-15-12(2)20-24-13(15)3/h5-8H,4,9-11H2,1-3H3,(H,19,21). The number of aromatic nitrogens is 1. The predicted octanol–water partition coefficient (Wildman–Crippen LogP) is 3.27. The second-order valence-corrected chi connectivity index (χ2v) is 6.53. The highest BCUT2D eigenvalue weighted by Gasteiger charge is 2.16. The highest BCUT2D eigenvalue weighted by Crippen LogP contribution is 2.29. The van der Waals surface area contributed by atoms with Gasteiger partial charge in [-0.2, -0.15) is 0 Å². The molecule has 0 radical (unpaired) electrons. The number of rotatable bonds is 8. The number of carbonyl (C=O) groups excluding carboxylic acids is 2. The summed E-state index contributed by atoms with van der Waals surface area (Å²) in [5, 5.41) is 6.61. The van der Waals surface area contributed by atoms with Crippen LogP contribution in [0.4, 0.5) is 0 Å². The first-order valence-corrected chi connectivity index (χ1v) is 9.08. The maximum absolute atomic E-state index is 12.3. The molecule has 134 valence electrons. The van der Waals surface area contributed by atoms with Gasteiger partial charge in [-0.3, -0.25) is 4.79 Å². The monoisotopic (exact) mass is 362 g/mol. The Morgan fingerprint density at radius 1 is 1.28 bits per heavy atom. The van der Waals surface area contributed by atoms with Crippen LogP contribution < -0.4 is 5.32 Å². The Balaban J connectivity index is 1.99. The van der Waals surface area contributed by atoms with Gasteiger partial charge in [0.05, 0.1) is 11.3 Å². The molecule has 1 N–H and O–H groups in total. The number of benzene rings is 1. The fraction of sp³-hybridized carbons (Fsp3) is 0.389. The molecule has 0 spiro atoms. The molecule has 25 heavy (non-hydrogen) atoms. The Labute approximate surface area is 151 Å². The van der Waals surface area contributed by atoms with Gasteiger partial charge in [0.15, 0.2) is 6.61 Å². The van der Waals surface area contributed by atoms with Crippen LogP contribution in [0.25, 0.3) is 0 Å². The van der Waals surface area contributed by atoms with Crippen molar-refractivity contribution in [3.05, 3.63) is 46.8 Å². The van der Waals surface area contributed by atoms with Crippen molar-refractivity contribution in [1.82, 2.24) is 10.5 Å². The highest BCUT2D eigenvalue weighted by molar-refractivity contribution is 7.98. The lowest BCUT2D eigenvalue weighted by Gasteiger charge is -2.09. The number of nitrogens with zero attached hydrogens (tertiary/aromatic N) is 1. The van der Waals surface area contributed by atoms with Gasteiger partial charge >= 0.3 is 5.97 Å². The van der Waals surface area contributed by atoms with Gasteiger partial charge in [0, 0.05) is 22.8 Å². The van der Waals surface area contributed by atoms with E-state index in [4.69, 9.17) is 9.26 Å². The number of esters is 1. The molecule has 0 saturated carbocycles. The summed E-state index contributed by atoms with van der Waals surface area (Å²) in [7, 11) is 0. The maximum Gasteiger partial charge on any atom is 0.339 e. The van der Waals surface area contributed by atoms with E-state index < -0.39 is 5.97 Å². The van der Waals surface area contributed by atoms with Crippen LogP contribution in [-0.4, -0.2) is 30.2 Å². The number of hydrogen-bond donors (Lipinski definition) is 1. The first-order chi connectivity index (χ1) is 12.0. The maximum atomic E-state index is 12.3. The molecule has 0 saturated heterocycles. The second kappa shape index (κ2) is 9.27. The fourth-order valence-electron chi connectivity index (χ4n) is 2.14. The third kappa shape index (κ3) is 5.35. The summed E-state index contributed by atoms with van der Waals surface area (Å²) in [6.07, 6.45) is 0.834. The van der Waals surface area contributed by atoms with E-state index in [-0.39, 0.29) is 12.5 Å². The number of hydrogen-bond acceptors (Lipinski definition) is 6. The number of nitrogens with one attached hydrogen (secondary N) is 1.